The van der Waals surface area contributed by atoms with Gasteiger partial charge in [-0.3, -0.25) is 9.69 Å². The topological polar surface area (TPSA) is 67.6 Å². The van der Waals surface area contributed by atoms with Gasteiger partial charge in [-0.15, -0.1) is 0 Å². The lowest BCUT2D eigenvalue weighted by atomic mass is 10.0. The van der Waals surface area contributed by atoms with Gasteiger partial charge in [0.1, 0.15) is 25.2 Å². The monoisotopic (exact) mass is 381 g/mol. The molecule has 0 radical (unpaired) electrons. The number of hydrogen-bond donors (Lipinski definition) is 1. The number of ether oxygens (including phenoxy) is 1. The van der Waals surface area contributed by atoms with Crippen LogP contribution in [-0.2, 0) is 22.5 Å². The molecule has 0 bridgehead atoms. The van der Waals surface area contributed by atoms with Crippen molar-refractivity contribution in [3.63, 3.8) is 0 Å². The summed E-state index contributed by atoms with van der Waals surface area (Å²) in [5.41, 5.74) is 4.59. The lowest BCUT2D eigenvalue weighted by molar-refractivity contribution is -0.120. The van der Waals surface area contributed by atoms with Crippen LogP contribution in [0.3, 0.4) is 0 Å². The van der Waals surface area contributed by atoms with Gasteiger partial charge >= 0.3 is 0 Å². The number of aromatic nitrogens is 2. The van der Waals surface area contributed by atoms with Gasteiger partial charge in [-0.2, -0.15) is 0 Å². The SMILES string of the molecule is CCc1cccc(C)c1N(COC)C(=O)Cn1c([C@@H](C)O)nc2ccccc21. The van der Waals surface area contributed by atoms with Gasteiger partial charge < -0.3 is 14.4 Å². The Balaban J connectivity index is 2.03. The van der Waals surface area contributed by atoms with Crippen molar-refractivity contribution < 1.29 is 14.6 Å². The molecule has 0 saturated carbocycles. The average Bonchev–Trinajstić information content (AvgIpc) is 3.05. The second-order valence-corrected chi connectivity index (χ2v) is 6.90. The number of aliphatic hydroxyl groups excluding tert-OH is 1. The van der Waals surface area contributed by atoms with E-state index in [2.05, 4.69) is 11.9 Å². The zero-order chi connectivity index (χ0) is 20.3. The van der Waals surface area contributed by atoms with Crippen LogP contribution in [0.4, 0.5) is 5.69 Å². The molecule has 28 heavy (non-hydrogen) atoms. The van der Waals surface area contributed by atoms with Crippen LogP contribution in [0.1, 0.15) is 36.9 Å². The summed E-state index contributed by atoms with van der Waals surface area (Å²) in [6.07, 6.45) is 0.0398. The van der Waals surface area contributed by atoms with Crippen LogP contribution in [0.2, 0.25) is 0 Å². The molecule has 6 heteroatoms. The predicted octanol–water partition coefficient (Wildman–Crippen LogP) is 3.60. The summed E-state index contributed by atoms with van der Waals surface area (Å²) >= 11 is 0. The van der Waals surface area contributed by atoms with Crippen molar-refractivity contribution >= 4 is 22.6 Å². The number of anilines is 1. The molecule has 1 heterocycles. The summed E-state index contributed by atoms with van der Waals surface area (Å²) in [5, 5.41) is 10.2. The van der Waals surface area contributed by atoms with Gasteiger partial charge in [0.05, 0.1) is 16.7 Å². The van der Waals surface area contributed by atoms with E-state index in [4.69, 9.17) is 4.74 Å². The van der Waals surface area contributed by atoms with Gasteiger partial charge in [0, 0.05) is 7.11 Å². The van der Waals surface area contributed by atoms with Crippen molar-refractivity contribution in [1.82, 2.24) is 9.55 Å². The number of benzene rings is 2. The number of amides is 1. The summed E-state index contributed by atoms with van der Waals surface area (Å²) < 4.78 is 7.14. The number of imidazole rings is 1. The number of para-hydroxylation sites is 3. The number of carbonyl (C=O) groups is 1. The number of hydrogen-bond acceptors (Lipinski definition) is 4. The highest BCUT2D eigenvalue weighted by Gasteiger charge is 2.23. The Bertz CT molecular complexity index is 978. The zero-order valence-corrected chi connectivity index (χ0v) is 16.8. The van der Waals surface area contributed by atoms with Crippen molar-refractivity contribution in [2.24, 2.45) is 0 Å². The van der Waals surface area contributed by atoms with Crippen molar-refractivity contribution in [2.75, 3.05) is 18.7 Å². The molecule has 1 atom stereocenters. The normalized spacial score (nSPS) is 12.3. The Morgan fingerprint density at radius 1 is 1.25 bits per heavy atom. The fraction of sp³-hybridized carbons (Fsp3) is 0.364. The first-order chi connectivity index (χ1) is 13.5. The summed E-state index contributed by atoms with van der Waals surface area (Å²) in [6, 6.07) is 13.6. The molecule has 0 aliphatic heterocycles. The maximum Gasteiger partial charge on any atom is 0.248 e. The van der Waals surface area contributed by atoms with Crippen molar-refractivity contribution in [3.8, 4) is 0 Å². The highest BCUT2D eigenvalue weighted by Crippen LogP contribution is 2.27. The molecule has 1 N–H and O–H groups in total. The largest absolute Gasteiger partial charge is 0.385 e. The van der Waals surface area contributed by atoms with Gasteiger partial charge in [-0.1, -0.05) is 37.3 Å². The third-order valence-corrected chi connectivity index (χ3v) is 4.88. The van der Waals surface area contributed by atoms with E-state index in [9.17, 15) is 9.90 Å². The molecule has 0 spiro atoms. The molecule has 1 aromatic heterocycles. The van der Waals surface area contributed by atoms with E-state index >= 15 is 0 Å². The molecular weight excluding hydrogens is 354 g/mol. The summed E-state index contributed by atoms with van der Waals surface area (Å²) in [5.74, 6) is 0.364. The number of rotatable bonds is 7. The first-order valence-electron chi connectivity index (χ1n) is 9.48. The van der Waals surface area contributed by atoms with Crippen molar-refractivity contribution in [1.29, 1.82) is 0 Å². The maximum atomic E-state index is 13.4. The Morgan fingerprint density at radius 3 is 2.68 bits per heavy atom. The minimum Gasteiger partial charge on any atom is -0.385 e. The smallest absolute Gasteiger partial charge is 0.248 e. The maximum absolute atomic E-state index is 13.4. The van der Waals surface area contributed by atoms with E-state index in [0.717, 1.165) is 34.3 Å². The minimum atomic E-state index is -0.777. The van der Waals surface area contributed by atoms with E-state index in [0.29, 0.717) is 5.82 Å². The van der Waals surface area contributed by atoms with Crippen molar-refractivity contribution in [2.45, 2.75) is 39.8 Å². The van der Waals surface area contributed by atoms with Crippen LogP contribution < -0.4 is 4.90 Å². The van der Waals surface area contributed by atoms with Crippen LogP contribution in [0, 0.1) is 6.92 Å². The van der Waals surface area contributed by atoms with Crippen LogP contribution in [0.25, 0.3) is 11.0 Å². The van der Waals surface area contributed by atoms with Gasteiger partial charge in [0.15, 0.2) is 0 Å². The number of carbonyl (C=O) groups excluding carboxylic acids is 1. The van der Waals surface area contributed by atoms with Gasteiger partial charge in [0.25, 0.3) is 0 Å². The number of fused-ring (bicyclic) bond motifs is 1. The minimum absolute atomic E-state index is 0.0710. The lowest BCUT2D eigenvalue weighted by Gasteiger charge is -2.27. The third kappa shape index (κ3) is 3.79. The molecule has 3 rings (SSSR count). The molecule has 0 saturated heterocycles. The zero-order valence-electron chi connectivity index (χ0n) is 16.8. The molecule has 6 nitrogen and oxygen atoms in total. The number of methoxy groups -OCH3 is 1. The highest BCUT2D eigenvalue weighted by atomic mass is 16.5. The first-order valence-corrected chi connectivity index (χ1v) is 9.48. The second-order valence-electron chi connectivity index (χ2n) is 6.90. The Hall–Kier alpha value is -2.70. The molecule has 0 fully saturated rings. The molecule has 148 valence electrons. The fourth-order valence-corrected chi connectivity index (χ4v) is 3.58. The van der Waals surface area contributed by atoms with Gasteiger partial charge in [-0.05, 0) is 43.5 Å². The molecule has 0 aliphatic rings. The summed E-state index contributed by atoms with van der Waals surface area (Å²) in [6.45, 7) is 5.96. The Morgan fingerprint density at radius 2 is 2.00 bits per heavy atom. The van der Waals surface area contributed by atoms with E-state index in [1.54, 1.807) is 23.5 Å². The van der Waals surface area contributed by atoms with Crippen LogP contribution in [0.15, 0.2) is 42.5 Å². The third-order valence-electron chi connectivity index (χ3n) is 4.88. The predicted molar refractivity (Wildman–Crippen MR) is 110 cm³/mol. The van der Waals surface area contributed by atoms with E-state index < -0.39 is 6.10 Å². The second kappa shape index (κ2) is 8.54. The highest BCUT2D eigenvalue weighted by molar-refractivity contribution is 5.95. The molecule has 0 unspecified atom stereocenters. The van der Waals surface area contributed by atoms with Crippen LogP contribution >= 0.6 is 0 Å². The number of aryl methyl sites for hydroxylation is 2. The van der Waals surface area contributed by atoms with Crippen LogP contribution in [-0.4, -0.2) is 34.4 Å². The quantitative estimate of drug-likeness (QED) is 0.635. The molecule has 1 amide bonds. The number of nitrogens with zero attached hydrogens (tertiary/aromatic N) is 3. The number of aliphatic hydroxyl groups is 1. The van der Waals surface area contributed by atoms with Crippen LogP contribution in [0.5, 0.6) is 0 Å². The van der Waals surface area contributed by atoms with Gasteiger partial charge in [-0.25, -0.2) is 4.98 Å². The summed E-state index contributed by atoms with van der Waals surface area (Å²) in [4.78, 5) is 19.5. The molecule has 2 aromatic carbocycles. The molecule has 3 aromatic rings. The van der Waals surface area contributed by atoms with E-state index in [-0.39, 0.29) is 19.2 Å². The van der Waals surface area contributed by atoms with Gasteiger partial charge in [0.2, 0.25) is 5.91 Å². The first kappa shape index (κ1) is 20.0. The summed E-state index contributed by atoms with van der Waals surface area (Å²) in [7, 11) is 1.58. The molecular formula is C22H27N3O3. The lowest BCUT2D eigenvalue weighted by Crippen LogP contribution is -2.37. The van der Waals surface area contributed by atoms with E-state index in [1.807, 2.05) is 49.4 Å². The molecule has 0 aliphatic carbocycles. The average molecular weight is 381 g/mol. The fourth-order valence-electron chi connectivity index (χ4n) is 3.58. The Labute approximate surface area is 165 Å². The van der Waals surface area contributed by atoms with E-state index in [1.165, 1.54) is 0 Å². The van der Waals surface area contributed by atoms with Crippen molar-refractivity contribution in [3.05, 3.63) is 59.4 Å². The Kier molecular flexibility index (Phi) is 6.11. The standard InChI is InChI=1S/C22H27N3O3/c1-5-17-10-8-9-15(2)21(17)25(14-28-4)20(27)13-24-19-12-7-6-11-18(19)23-22(24)16(3)26/h6-12,16,26H,5,13-14H2,1-4H3/t16-/m1/s1.